The lowest BCUT2D eigenvalue weighted by Gasteiger charge is -2.59. The first-order chi connectivity index (χ1) is 25.4. The Morgan fingerprint density at radius 1 is 0.698 bits per heavy atom. The third-order valence-electron chi connectivity index (χ3n) is 15.7. The van der Waals surface area contributed by atoms with Crippen LogP contribution in [-0.2, 0) is 21.7 Å². The van der Waals surface area contributed by atoms with Crippen LogP contribution in [0.15, 0.2) is 126 Å². The van der Waals surface area contributed by atoms with E-state index in [0.717, 1.165) is 11.8 Å². The Hall–Kier alpha value is -4.10. The van der Waals surface area contributed by atoms with Crippen LogP contribution in [0.3, 0.4) is 0 Å². The van der Waals surface area contributed by atoms with Gasteiger partial charge in [0.1, 0.15) is 0 Å². The van der Waals surface area contributed by atoms with Crippen LogP contribution in [0.2, 0.25) is 0 Å². The lowest BCUT2D eigenvalue weighted by atomic mass is 9.52. The second kappa shape index (κ2) is 11.2. The minimum atomic E-state index is -0.339. The van der Waals surface area contributed by atoms with Gasteiger partial charge < -0.3 is 4.90 Å². The van der Waals surface area contributed by atoms with E-state index in [1.165, 1.54) is 89.7 Å². The van der Waals surface area contributed by atoms with E-state index in [4.69, 9.17) is 0 Å². The van der Waals surface area contributed by atoms with Crippen LogP contribution in [0.25, 0.3) is 11.1 Å². The van der Waals surface area contributed by atoms with E-state index in [-0.39, 0.29) is 21.8 Å². The van der Waals surface area contributed by atoms with Gasteiger partial charge in [0.25, 0.3) is 0 Å². The highest BCUT2D eigenvalue weighted by Gasteiger charge is 2.57. The van der Waals surface area contributed by atoms with Gasteiger partial charge in [0.2, 0.25) is 0 Å². The standard InChI is InChI=1S/C52H57N/c1-8-35-30-36-14-13-26-52(32-35,33-36)38-21-19-37(20-22-38)49(5)28-29-51(7)47-46(49)34(2)25-27-50(47,6)43-17-11-12-18-45(43)53(51)39-23-24-41-40-15-9-10-16-42(40)48(3,4)44(41)31-39/h9-12,15-25,27-29,31,34-36H,8,13-14,26,30,32-33H2,1-7H3. The normalized spacial score (nSPS) is 34.3. The lowest BCUT2D eigenvalue weighted by Crippen LogP contribution is -2.58. The molecule has 4 aromatic rings. The molecule has 1 heteroatoms. The van der Waals surface area contributed by atoms with Gasteiger partial charge in [0.05, 0.1) is 5.54 Å². The van der Waals surface area contributed by atoms with Gasteiger partial charge in [-0.25, -0.2) is 0 Å². The molecule has 5 aliphatic carbocycles. The van der Waals surface area contributed by atoms with E-state index in [1.807, 2.05) is 0 Å². The number of allylic oxidation sites excluding steroid dienone is 4. The number of fused-ring (bicyclic) bond motifs is 7. The molecule has 0 radical (unpaired) electrons. The highest BCUT2D eigenvalue weighted by Crippen LogP contribution is 2.63. The fourth-order valence-corrected chi connectivity index (χ4v) is 13.2. The Morgan fingerprint density at radius 3 is 2.21 bits per heavy atom. The number of hydrogen-bond acceptors (Lipinski definition) is 1. The minimum Gasteiger partial charge on any atom is -0.328 e. The van der Waals surface area contributed by atoms with E-state index in [2.05, 4.69) is 169 Å². The fraction of sp³-hybridized carbons (Fsp3) is 0.423. The summed E-state index contributed by atoms with van der Waals surface area (Å²) in [5.74, 6) is 2.13. The molecule has 0 N–H and O–H groups in total. The van der Waals surface area contributed by atoms with Crippen LogP contribution in [0.4, 0.5) is 11.4 Å². The molecule has 6 aliphatic rings. The zero-order valence-electron chi connectivity index (χ0n) is 33.1. The topological polar surface area (TPSA) is 3.24 Å². The highest BCUT2D eigenvalue weighted by molar-refractivity contribution is 5.86. The highest BCUT2D eigenvalue weighted by atomic mass is 15.2. The molecule has 0 aromatic heterocycles. The predicted octanol–water partition coefficient (Wildman–Crippen LogP) is 13.4. The maximum atomic E-state index is 2.69. The van der Waals surface area contributed by atoms with E-state index in [9.17, 15) is 0 Å². The van der Waals surface area contributed by atoms with E-state index in [0.29, 0.717) is 11.3 Å². The van der Waals surface area contributed by atoms with Crippen LogP contribution in [0.1, 0.15) is 121 Å². The first-order valence-corrected chi connectivity index (χ1v) is 20.8. The first-order valence-electron chi connectivity index (χ1n) is 20.8. The summed E-state index contributed by atoms with van der Waals surface area (Å²) < 4.78 is 0. The number of rotatable bonds is 4. The van der Waals surface area contributed by atoms with Gasteiger partial charge in [-0.3, -0.25) is 0 Å². The van der Waals surface area contributed by atoms with E-state index >= 15 is 0 Å². The Morgan fingerprint density at radius 2 is 1.42 bits per heavy atom. The molecular weight excluding hydrogens is 639 g/mol. The van der Waals surface area contributed by atoms with Crippen LogP contribution < -0.4 is 4.90 Å². The van der Waals surface area contributed by atoms with Crippen molar-refractivity contribution in [3.63, 3.8) is 0 Å². The van der Waals surface area contributed by atoms with Crippen molar-refractivity contribution in [2.45, 2.75) is 121 Å². The zero-order chi connectivity index (χ0) is 36.5. The molecule has 2 saturated carbocycles. The summed E-state index contributed by atoms with van der Waals surface area (Å²) >= 11 is 0. The quantitative estimate of drug-likeness (QED) is 0.192. The number of anilines is 2. The molecule has 10 rings (SSSR count). The predicted molar refractivity (Wildman–Crippen MR) is 223 cm³/mol. The van der Waals surface area contributed by atoms with Crippen LogP contribution in [0.5, 0.6) is 0 Å². The van der Waals surface area contributed by atoms with E-state index in [1.54, 1.807) is 16.7 Å². The molecule has 2 fully saturated rings. The Balaban J connectivity index is 1.12. The van der Waals surface area contributed by atoms with Crippen molar-refractivity contribution in [1.29, 1.82) is 0 Å². The molecule has 2 bridgehead atoms. The summed E-state index contributed by atoms with van der Waals surface area (Å²) in [4.78, 5) is 2.69. The van der Waals surface area contributed by atoms with Crippen molar-refractivity contribution < 1.29 is 0 Å². The van der Waals surface area contributed by atoms with Gasteiger partial charge >= 0.3 is 0 Å². The largest absolute Gasteiger partial charge is 0.328 e. The van der Waals surface area contributed by atoms with Crippen molar-refractivity contribution >= 4 is 11.4 Å². The average molecular weight is 696 g/mol. The molecule has 1 aliphatic heterocycles. The van der Waals surface area contributed by atoms with Crippen molar-refractivity contribution in [2.24, 2.45) is 17.8 Å². The average Bonchev–Trinajstić information content (AvgIpc) is 3.39. The summed E-state index contributed by atoms with van der Waals surface area (Å²) in [5, 5.41) is 0. The molecule has 0 spiro atoms. The molecule has 1 heterocycles. The fourth-order valence-electron chi connectivity index (χ4n) is 13.2. The smallest absolute Gasteiger partial charge is 0.0833 e. The van der Waals surface area contributed by atoms with Crippen LogP contribution in [-0.4, -0.2) is 5.54 Å². The zero-order valence-corrected chi connectivity index (χ0v) is 33.1. The Kier molecular flexibility index (Phi) is 7.09. The van der Waals surface area contributed by atoms with Gasteiger partial charge in [0, 0.05) is 27.6 Å². The summed E-state index contributed by atoms with van der Waals surface area (Å²) in [5.41, 5.74) is 15.3. The maximum Gasteiger partial charge on any atom is 0.0833 e. The van der Waals surface area contributed by atoms with Crippen LogP contribution in [0, 0.1) is 17.8 Å². The Bertz CT molecular complexity index is 2250. The van der Waals surface area contributed by atoms with Crippen molar-refractivity contribution in [3.8, 4) is 11.1 Å². The van der Waals surface area contributed by atoms with Gasteiger partial charge in [-0.15, -0.1) is 0 Å². The number of nitrogens with zero attached hydrogens (tertiary/aromatic N) is 1. The van der Waals surface area contributed by atoms with Gasteiger partial charge in [-0.05, 0) is 138 Å². The van der Waals surface area contributed by atoms with E-state index < -0.39 is 0 Å². The monoisotopic (exact) mass is 695 g/mol. The Labute approximate surface area is 318 Å². The molecule has 4 aromatic carbocycles. The number of hydrogen-bond donors (Lipinski definition) is 0. The first kappa shape index (κ1) is 33.5. The number of benzene rings is 4. The molecule has 1 nitrogen and oxygen atoms in total. The summed E-state index contributed by atoms with van der Waals surface area (Å²) in [7, 11) is 0. The SMILES string of the molecule is CCC1CC2CCCC(c3ccc(C4(C)C=CC5(C)C6=C4C(C)C=CC6(C)c4ccccc4N5c4ccc5c(c4)C(C)(C)c4ccccc4-5)cc3)(C1)C2. The molecule has 7 unspecified atom stereocenters. The van der Waals surface area contributed by atoms with Gasteiger partial charge in [-0.1, -0.05) is 144 Å². The molecule has 270 valence electrons. The second-order valence-corrected chi connectivity index (χ2v) is 19.1. The molecule has 7 atom stereocenters. The summed E-state index contributed by atoms with van der Waals surface area (Å²) in [6.07, 6.45) is 20.0. The minimum absolute atomic E-state index is 0.0560. The lowest BCUT2D eigenvalue weighted by molar-refractivity contribution is 0.100. The third-order valence-corrected chi connectivity index (χ3v) is 15.7. The van der Waals surface area contributed by atoms with Gasteiger partial charge in [0.15, 0.2) is 0 Å². The van der Waals surface area contributed by atoms with Gasteiger partial charge in [-0.2, -0.15) is 0 Å². The maximum absolute atomic E-state index is 2.69. The summed E-state index contributed by atoms with van der Waals surface area (Å²) in [6, 6.07) is 35.8. The molecule has 53 heavy (non-hydrogen) atoms. The van der Waals surface area contributed by atoms with Crippen LogP contribution >= 0.6 is 0 Å². The molecule has 0 saturated heterocycles. The second-order valence-electron chi connectivity index (χ2n) is 19.1. The number of para-hydroxylation sites is 1. The summed E-state index contributed by atoms with van der Waals surface area (Å²) in [6.45, 7) is 17.2. The molecule has 0 amide bonds. The third kappa shape index (κ3) is 4.43. The molecular formula is C52H57N. The van der Waals surface area contributed by atoms with Crippen molar-refractivity contribution in [1.82, 2.24) is 0 Å². The van der Waals surface area contributed by atoms with Crippen molar-refractivity contribution in [2.75, 3.05) is 4.90 Å². The van der Waals surface area contributed by atoms with Crippen molar-refractivity contribution in [3.05, 3.63) is 154 Å².